The number of esters is 1. The number of aromatic nitrogens is 1. The summed E-state index contributed by atoms with van der Waals surface area (Å²) in [6.45, 7) is 3.38. The SMILES string of the molecule is C/C=C/C=C/C(=O)O[C@H](C)C(=O)Nc1ccc(Cc2nc3ccccc3s2)cc1. The highest BCUT2D eigenvalue weighted by molar-refractivity contribution is 7.18. The quantitative estimate of drug-likeness (QED) is 0.345. The minimum absolute atomic E-state index is 0.378. The largest absolute Gasteiger partial charge is 0.449 e. The number of anilines is 1. The lowest BCUT2D eigenvalue weighted by Gasteiger charge is -2.12. The molecule has 1 amide bonds. The van der Waals surface area contributed by atoms with E-state index in [1.807, 2.05) is 49.4 Å². The molecule has 0 spiro atoms. The van der Waals surface area contributed by atoms with Crippen LogP contribution in [0.5, 0.6) is 0 Å². The van der Waals surface area contributed by atoms with E-state index in [4.69, 9.17) is 4.74 Å². The first-order valence-corrected chi connectivity index (χ1v) is 10.1. The number of para-hydroxylation sites is 1. The second-order valence-corrected chi connectivity index (χ2v) is 7.52. The number of carbonyl (C=O) groups is 2. The summed E-state index contributed by atoms with van der Waals surface area (Å²) in [6, 6.07) is 15.7. The van der Waals surface area contributed by atoms with Crippen LogP contribution in [0.15, 0.2) is 72.8 Å². The predicted octanol–water partition coefficient (Wildman–Crippen LogP) is 4.89. The van der Waals surface area contributed by atoms with E-state index in [1.54, 1.807) is 29.6 Å². The molecule has 6 heteroatoms. The summed E-state index contributed by atoms with van der Waals surface area (Å²) in [5, 5.41) is 3.81. The maximum atomic E-state index is 12.2. The third-order valence-corrected chi connectivity index (χ3v) is 5.15. The number of hydrogen-bond acceptors (Lipinski definition) is 5. The number of nitrogens with zero attached hydrogens (tertiary/aromatic N) is 1. The van der Waals surface area contributed by atoms with Crippen LogP contribution in [0, 0.1) is 0 Å². The Kier molecular flexibility index (Phi) is 6.92. The first kappa shape index (κ1) is 20.5. The Morgan fingerprint density at radius 2 is 1.90 bits per heavy atom. The van der Waals surface area contributed by atoms with Crippen LogP contribution < -0.4 is 5.32 Å². The van der Waals surface area contributed by atoms with Gasteiger partial charge in [-0.3, -0.25) is 4.79 Å². The fourth-order valence-corrected chi connectivity index (χ4v) is 3.63. The lowest BCUT2D eigenvalue weighted by molar-refractivity contribution is -0.148. The molecule has 3 rings (SSSR count). The van der Waals surface area contributed by atoms with Crippen molar-refractivity contribution < 1.29 is 14.3 Å². The summed E-state index contributed by atoms with van der Waals surface area (Å²) in [5.41, 5.74) is 2.77. The molecule has 3 aromatic rings. The van der Waals surface area contributed by atoms with Crippen LogP contribution in [0.1, 0.15) is 24.4 Å². The van der Waals surface area contributed by atoms with Crippen LogP contribution in [-0.4, -0.2) is 23.0 Å². The molecule has 0 fully saturated rings. The summed E-state index contributed by atoms with van der Waals surface area (Å²) in [7, 11) is 0. The van der Waals surface area contributed by atoms with Crippen molar-refractivity contribution in [1.29, 1.82) is 0 Å². The van der Waals surface area contributed by atoms with Gasteiger partial charge in [-0.2, -0.15) is 0 Å². The van der Waals surface area contributed by atoms with Crippen LogP contribution >= 0.6 is 11.3 Å². The molecule has 0 saturated heterocycles. The molecule has 0 aliphatic rings. The average Bonchev–Trinajstić information content (AvgIpc) is 3.12. The van der Waals surface area contributed by atoms with E-state index >= 15 is 0 Å². The number of amides is 1. The van der Waals surface area contributed by atoms with Gasteiger partial charge in [0.15, 0.2) is 6.10 Å². The number of carbonyl (C=O) groups excluding carboxylic acids is 2. The van der Waals surface area contributed by atoms with Gasteiger partial charge >= 0.3 is 5.97 Å². The van der Waals surface area contributed by atoms with Crippen LogP contribution in [-0.2, 0) is 20.7 Å². The number of rotatable bonds is 7. The predicted molar refractivity (Wildman–Crippen MR) is 117 cm³/mol. The smallest absolute Gasteiger partial charge is 0.331 e. The second-order valence-electron chi connectivity index (χ2n) is 6.40. The molecule has 0 saturated carbocycles. The van der Waals surface area contributed by atoms with Crippen LogP contribution in [0.4, 0.5) is 5.69 Å². The Balaban J connectivity index is 1.55. The third kappa shape index (κ3) is 5.86. The zero-order valence-corrected chi connectivity index (χ0v) is 17.1. The maximum absolute atomic E-state index is 12.2. The minimum Gasteiger partial charge on any atom is -0.449 e. The second kappa shape index (κ2) is 9.80. The molecule has 29 heavy (non-hydrogen) atoms. The van der Waals surface area contributed by atoms with E-state index < -0.39 is 12.1 Å². The van der Waals surface area contributed by atoms with Gasteiger partial charge in [-0.25, -0.2) is 9.78 Å². The van der Waals surface area contributed by atoms with Gasteiger partial charge in [0.05, 0.1) is 15.2 Å². The molecule has 5 nitrogen and oxygen atoms in total. The van der Waals surface area contributed by atoms with E-state index in [9.17, 15) is 9.59 Å². The van der Waals surface area contributed by atoms with E-state index in [-0.39, 0.29) is 5.91 Å². The molecule has 0 aliphatic carbocycles. The molecule has 1 N–H and O–H groups in total. The highest BCUT2D eigenvalue weighted by Gasteiger charge is 2.16. The van der Waals surface area contributed by atoms with Gasteiger partial charge in [-0.05, 0) is 43.7 Å². The normalized spacial score (nSPS) is 12.5. The summed E-state index contributed by atoms with van der Waals surface area (Å²) < 4.78 is 6.26. The molecule has 0 aliphatic heterocycles. The molecule has 0 bridgehead atoms. The molecule has 0 unspecified atom stereocenters. The topological polar surface area (TPSA) is 68.3 Å². The van der Waals surface area contributed by atoms with Crippen molar-refractivity contribution in [2.24, 2.45) is 0 Å². The number of allylic oxidation sites excluding steroid dienone is 3. The number of benzene rings is 2. The van der Waals surface area contributed by atoms with Crippen LogP contribution in [0.2, 0.25) is 0 Å². The average molecular weight is 407 g/mol. The van der Waals surface area contributed by atoms with Crippen LogP contribution in [0.3, 0.4) is 0 Å². The Hall–Kier alpha value is -3.25. The van der Waals surface area contributed by atoms with Crippen molar-refractivity contribution in [3.05, 3.63) is 83.4 Å². The maximum Gasteiger partial charge on any atom is 0.331 e. The standard InChI is InChI=1S/C23H22N2O3S/c1-3-4-5-10-22(26)28-16(2)23(27)24-18-13-11-17(12-14-18)15-21-25-19-8-6-7-9-20(19)29-21/h3-14,16H,15H2,1-2H3,(H,24,27)/b4-3+,10-5+/t16-/m1/s1. The molecule has 1 aromatic heterocycles. The lowest BCUT2D eigenvalue weighted by Crippen LogP contribution is -2.29. The monoisotopic (exact) mass is 406 g/mol. The van der Waals surface area contributed by atoms with Gasteiger partial charge in [0.2, 0.25) is 0 Å². The minimum atomic E-state index is -0.889. The highest BCUT2D eigenvalue weighted by Crippen LogP contribution is 2.24. The summed E-state index contributed by atoms with van der Waals surface area (Å²) in [4.78, 5) is 28.5. The fourth-order valence-electron chi connectivity index (χ4n) is 2.63. The molecule has 2 aromatic carbocycles. The van der Waals surface area contributed by atoms with Crippen molar-refractivity contribution in [2.45, 2.75) is 26.4 Å². The number of fused-ring (bicyclic) bond motifs is 1. The first-order chi connectivity index (χ1) is 14.0. The van der Waals surface area contributed by atoms with Crippen molar-refractivity contribution in [3.63, 3.8) is 0 Å². The van der Waals surface area contributed by atoms with Crippen molar-refractivity contribution in [3.8, 4) is 0 Å². The number of thiazole rings is 1. The van der Waals surface area contributed by atoms with Crippen molar-refractivity contribution in [1.82, 2.24) is 4.98 Å². The zero-order chi connectivity index (χ0) is 20.6. The van der Waals surface area contributed by atoms with E-state index in [2.05, 4.69) is 16.4 Å². The molecule has 1 heterocycles. The molecule has 1 atom stereocenters. The molecule has 148 valence electrons. The van der Waals surface area contributed by atoms with E-state index in [1.165, 1.54) is 17.7 Å². The molecule has 0 radical (unpaired) electrons. The van der Waals surface area contributed by atoms with E-state index in [0.29, 0.717) is 5.69 Å². The van der Waals surface area contributed by atoms with Gasteiger partial charge in [-0.15, -0.1) is 11.3 Å². The lowest BCUT2D eigenvalue weighted by atomic mass is 10.1. The Bertz CT molecular complexity index is 1020. The van der Waals surface area contributed by atoms with Gasteiger partial charge in [0.25, 0.3) is 5.91 Å². The van der Waals surface area contributed by atoms with Gasteiger partial charge in [0, 0.05) is 18.2 Å². The van der Waals surface area contributed by atoms with Crippen molar-refractivity contribution >= 4 is 39.1 Å². The Labute approximate surface area is 173 Å². The van der Waals surface area contributed by atoms with Crippen molar-refractivity contribution in [2.75, 3.05) is 5.32 Å². The van der Waals surface area contributed by atoms with Gasteiger partial charge < -0.3 is 10.1 Å². The van der Waals surface area contributed by atoms with Gasteiger partial charge in [0.1, 0.15) is 0 Å². The number of hydrogen-bond donors (Lipinski definition) is 1. The first-order valence-electron chi connectivity index (χ1n) is 9.29. The molecular weight excluding hydrogens is 384 g/mol. The van der Waals surface area contributed by atoms with E-state index in [0.717, 1.165) is 22.5 Å². The molecular formula is C23H22N2O3S. The number of ether oxygens (including phenoxy) is 1. The summed E-state index contributed by atoms with van der Waals surface area (Å²) in [6.07, 6.45) is 6.19. The Morgan fingerprint density at radius 1 is 1.14 bits per heavy atom. The fraction of sp³-hybridized carbons (Fsp3) is 0.174. The summed E-state index contributed by atoms with van der Waals surface area (Å²) >= 11 is 1.68. The van der Waals surface area contributed by atoms with Crippen LogP contribution in [0.25, 0.3) is 10.2 Å². The Morgan fingerprint density at radius 3 is 2.62 bits per heavy atom. The number of nitrogens with one attached hydrogen (secondary N) is 1. The highest BCUT2D eigenvalue weighted by atomic mass is 32.1. The third-order valence-electron chi connectivity index (χ3n) is 4.11. The van der Waals surface area contributed by atoms with Gasteiger partial charge in [-0.1, -0.05) is 42.5 Å². The summed E-state index contributed by atoms with van der Waals surface area (Å²) in [5.74, 6) is -0.936. The zero-order valence-electron chi connectivity index (χ0n) is 16.3.